The number of halogens is 1. The fraction of sp³-hybridized carbons (Fsp3) is 0.250. The molecule has 0 unspecified atom stereocenters. The third-order valence-corrected chi connectivity index (χ3v) is 2.51. The summed E-state index contributed by atoms with van der Waals surface area (Å²) in [5.74, 6) is -0.184. The molecule has 0 aliphatic carbocycles. The van der Waals surface area contributed by atoms with E-state index in [1.807, 2.05) is 19.3 Å². The zero-order valence-electron chi connectivity index (χ0n) is 9.37. The molecule has 0 aliphatic heterocycles. The number of hydrogen-bond donors (Lipinski definition) is 1. The summed E-state index contributed by atoms with van der Waals surface area (Å²) in [4.78, 5) is 0. The molecule has 0 amide bonds. The van der Waals surface area contributed by atoms with E-state index >= 15 is 0 Å². The van der Waals surface area contributed by atoms with Crippen LogP contribution < -0.4 is 5.32 Å². The minimum absolute atomic E-state index is 0.184. The van der Waals surface area contributed by atoms with Crippen LogP contribution >= 0.6 is 0 Å². The van der Waals surface area contributed by atoms with E-state index < -0.39 is 0 Å². The van der Waals surface area contributed by atoms with Gasteiger partial charge in [0.2, 0.25) is 0 Å². The van der Waals surface area contributed by atoms with Crippen molar-refractivity contribution in [2.45, 2.75) is 13.5 Å². The zero-order chi connectivity index (χ0) is 11.5. The molecule has 0 radical (unpaired) electrons. The molecule has 2 aromatic rings. The standard InChI is InChI=1S/C12H14FN3/c1-9-11(13)4-3-5-12(9)14-6-10-7-15-16(2)8-10/h3-5,7-8,14H,6H2,1-2H3. The fourth-order valence-electron chi connectivity index (χ4n) is 1.56. The Morgan fingerprint density at radius 2 is 2.25 bits per heavy atom. The highest BCUT2D eigenvalue weighted by molar-refractivity contribution is 5.51. The predicted octanol–water partition coefficient (Wildman–Crippen LogP) is 2.48. The van der Waals surface area contributed by atoms with E-state index in [-0.39, 0.29) is 5.82 Å². The van der Waals surface area contributed by atoms with Crippen LogP contribution in [0.25, 0.3) is 0 Å². The number of rotatable bonds is 3. The van der Waals surface area contributed by atoms with Gasteiger partial charge in [-0.05, 0) is 19.1 Å². The third-order valence-electron chi connectivity index (χ3n) is 2.51. The van der Waals surface area contributed by atoms with Gasteiger partial charge in [0.15, 0.2) is 0 Å². The monoisotopic (exact) mass is 219 g/mol. The van der Waals surface area contributed by atoms with Crippen LogP contribution in [0, 0.1) is 12.7 Å². The number of benzene rings is 1. The average Bonchev–Trinajstić information content (AvgIpc) is 2.67. The summed E-state index contributed by atoms with van der Waals surface area (Å²) in [6, 6.07) is 5.03. The molecular weight excluding hydrogens is 205 g/mol. The molecule has 1 aromatic carbocycles. The lowest BCUT2D eigenvalue weighted by molar-refractivity contribution is 0.619. The van der Waals surface area contributed by atoms with Crippen molar-refractivity contribution >= 4 is 5.69 Å². The molecule has 3 nitrogen and oxygen atoms in total. The van der Waals surface area contributed by atoms with Crippen LogP contribution in [0.2, 0.25) is 0 Å². The van der Waals surface area contributed by atoms with Crippen molar-refractivity contribution in [1.82, 2.24) is 9.78 Å². The summed E-state index contributed by atoms with van der Waals surface area (Å²) in [6.07, 6.45) is 3.73. The van der Waals surface area contributed by atoms with Gasteiger partial charge in [0.1, 0.15) is 5.82 Å². The number of aryl methyl sites for hydroxylation is 1. The van der Waals surface area contributed by atoms with E-state index in [0.29, 0.717) is 12.1 Å². The quantitative estimate of drug-likeness (QED) is 0.859. The van der Waals surface area contributed by atoms with E-state index in [1.54, 1.807) is 23.9 Å². The third kappa shape index (κ3) is 2.21. The van der Waals surface area contributed by atoms with Gasteiger partial charge in [0, 0.05) is 36.6 Å². The second-order valence-corrected chi connectivity index (χ2v) is 3.79. The number of aromatic nitrogens is 2. The van der Waals surface area contributed by atoms with Crippen molar-refractivity contribution < 1.29 is 4.39 Å². The van der Waals surface area contributed by atoms with Gasteiger partial charge < -0.3 is 5.32 Å². The Kier molecular flexibility index (Phi) is 2.90. The summed E-state index contributed by atoms with van der Waals surface area (Å²) in [6.45, 7) is 2.42. The average molecular weight is 219 g/mol. The SMILES string of the molecule is Cc1c(F)cccc1NCc1cnn(C)c1. The molecule has 0 spiro atoms. The summed E-state index contributed by atoms with van der Waals surface area (Å²) < 4.78 is 15.0. The lowest BCUT2D eigenvalue weighted by Crippen LogP contribution is -2.01. The Morgan fingerprint density at radius 1 is 1.44 bits per heavy atom. The first kappa shape index (κ1) is 10.7. The molecule has 2 rings (SSSR count). The van der Waals surface area contributed by atoms with E-state index in [9.17, 15) is 4.39 Å². The van der Waals surface area contributed by atoms with Crippen LogP contribution in [-0.4, -0.2) is 9.78 Å². The molecule has 0 saturated heterocycles. The Bertz CT molecular complexity index is 491. The summed E-state index contributed by atoms with van der Waals surface area (Å²) >= 11 is 0. The van der Waals surface area contributed by atoms with Crippen LogP contribution in [0.1, 0.15) is 11.1 Å². The van der Waals surface area contributed by atoms with Crippen molar-refractivity contribution in [2.75, 3.05) is 5.32 Å². The highest BCUT2D eigenvalue weighted by atomic mass is 19.1. The van der Waals surface area contributed by atoms with Crippen molar-refractivity contribution in [3.05, 3.63) is 47.5 Å². The van der Waals surface area contributed by atoms with E-state index in [1.165, 1.54) is 6.07 Å². The molecule has 0 bridgehead atoms. The summed E-state index contributed by atoms with van der Waals surface area (Å²) in [5.41, 5.74) is 2.54. The second-order valence-electron chi connectivity index (χ2n) is 3.79. The van der Waals surface area contributed by atoms with Gasteiger partial charge in [-0.2, -0.15) is 5.10 Å². The van der Waals surface area contributed by atoms with Gasteiger partial charge in [0.05, 0.1) is 6.20 Å². The first-order chi connectivity index (χ1) is 7.66. The van der Waals surface area contributed by atoms with Gasteiger partial charge in [-0.25, -0.2) is 4.39 Å². The van der Waals surface area contributed by atoms with Crippen LogP contribution in [0.4, 0.5) is 10.1 Å². The lowest BCUT2D eigenvalue weighted by Gasteiger charge is -2.08. The topological polar surface area (TPSA) is 29.9 Å². The van der Waals surface area contributed by atoms with Gasteiger partial charge in [0.25, 0.3) is 0 Å². The number of anilines is 1. The van der Waals surface area contributed by atoms with Gasteiger partial charge in [-0.3, -0.25) is 4.68 Å². The van der Waals surface area contributed by atoms with Gasteiger partial charge in [-0.15, -0.1) is 0 Å². The molecule has 16 heavy (non-hydrogen) atoms. The van der Waals surface area contributed by atoms with Crippen molar-refractivity contribution in [3.63, 3.8) is 0 Å². The van der Waals surface area contributed by atoms with Crippen molar-refractivity contribution in [1.29, 1.82) is 0 Å². The molecule has 0 aliphatic rings. The van der Waals surface area contributed by atoms with Crippen LogP contribution in [0.15, 0.2) is 30.6 Å². The highest BCUT2D eigenvalue weighted by Crippen LogP contribution is 2.17. The minimum Gasteiger partial charge on any atom is -0.381 e. The second kappa shape index (κ2) is 4.35. The number of nitrogens with one attached hydrogen (secondary N) is 1. The first-order valence-corrected chi connectivity index (χ1v) is 5.13. The van der Waals surface area contributed by atoms with Crippen molar-refractivity contribution in [2.24, 2.45) is 7.05 Å². The lowest BCUT2D eigenvalue weighted by atomic mass is 10.2. The van der Waals surface area contributed by atoms with Crippen LogP contribution in [0.3, 0.4) is 0 Å². The molecule has 4 heteroatoms. The van der Waals surface area contributed by atoms with Crippen molar-refractivity contribution in [3.8, 4) is 0 Å². The fourth-order valence-corrected chi connectivity index (χ4v) is 1.56. The van der Waals surface area contributed by atoms with E-state index in [4.69, 9.17) is 0 Å². The Balaban J connectivity index is 2.07. The molecule has 84 valence electrons. The highest BCUT2D eigenvalue weighted by Gasteiger charge is 2.03. The first-order valence-electron chi connectivity index (χ1n) is 5.13. The summed E-state index contributed by atoms with van der Waals surface area (Å²) in [7, 11) is 1.87. The van der Waals surface area contributed by atoms with E-state index in [2.05, 4.69) is 10.4 Å². The number of nitrogens with zero attached hydrogens (tertiary/aromatic N) is 2. The van der Waals surface area contributed by atoms with Gasteiger partial charge in [-0.1, -0.05) is 6.07 Å². The molecule has 1 aromatic heterocycles. The normalized spacial score (nSPS) is 10.4. The zero-order valence-corrected chi connectivity index (χ0v) is 9.37. The van der Waals surface area contributed by atoms with Crippen LogP contribution in [-0.2, 0) is 13.6 Å². The largest absolute Gasteiger partial charge is 0.381 e. The molecule has 0 atom stereocenters. The Morgan fingerprint density at radius 3 is 2.94 bits per heavy atom. The molecule has 1 heterocycles. The van der Waals surface area contributed by atoms with Crippen LogP contribution in [0.5, 0.6) is 0 Å². The molecule has 0 saturated carbocycles. The Hall–Kier alpha value is -1.84. The molecule has 0 fully saturated rings. The maximum atomic E-state index is 13.3. The van der Waals surface area contributed by atoms with E-state index in [0.717, 1.165) is 11.3 Å². The molecular formula is C12H14FN3. The number of hydrogen-bond acceptors (Lipinski definition) is 2. The maximum absolute atomic E-state index is 13.3. The minimum atomic E-state index is -0.184. The molecule has 1 N–H and O–H groups in total. The predicted molar refractivity (Wildman–Crippen MR) is 61.7 cm³/mol. The summed E-state index contributed by atoms with van der Waals surface area (Å²) in [5, 5.41) is 7.26. The van der Waals surface area contributed by atoms with Gasteiger partial charge >= 0.3 is 0 Å². The smallest absolute Gasteiger partial charge is 0.128 e. The Labute approximate surface area is 93.9 Å². The maximum Gasteiger partial charge on any atom is 0.128 e.